The second-order valence-electron chi connectivity index (χ2n) is 4.68. The molecule has 0 saturated heterocycles. The number of aryl methyl sites for hydroxylation is 1. The summed E-state index contributed by atoms with van der Waals surface area (Å²) in [5.74, 6) is -0.864. The number of nitrogens with zero attached hydrogens (tertiary/aromatic N) is 2. The highest BCUT2D eigenvalue weighted by Gasteiger charge is 2.21. The fraction of sp³-hybridized carbons (Fsp3) is 0.286. The molecule has 0 aliphatic carbocycles. The van der Waals surface area contributed by atoms with Gasteiger partial charge in [-0.15, -0.1) is 11.3 Å². The highest BCUT2D eigenvalue weighted by atomic mass is 32.1. The van der Waals surface area contributed by atoms with E-state index in [9.17, 15) is 4.79 Å². The van der Waals surface area contributed by atoms with Crippen LogP contribution in [0.5, 0.6) is 0 Å². The molecule has 0 bridgehead atoms. The molecule has 0 radical (unpaired) electrons. The van der Waals surface area contributed by atoms with E-state index in [4.69, 9.17) is 5.11 Å². The first-order chi connectivity index (χ1) is 9.13. The minimum atomic E-state index is -0.864. The lowest BCUT2D eigenvalue weighted by Gasteiger charge is -2.18. The van der Waals surface area contributed by atoms with E-state index >= 15 is 0 Å². The van der Waals surface area contributed by atoms with Crippen LogP contribution in [0, 0.1) is 6.92 Å². The van der Waals surface area contributed by atoms with E-state index in [1.54, 1.807) is 23.5 Å². The van der Waals surface area contributed by atoms with Gasteiger partial charge in [0.05, 0.1) is 22.8 Å². The molecule has 98 valence electrons. The number of carbonyl (C=O) groups is 1. The summed E-state index contributed by atoms with van der Waals surface area (Å²) in [6, 6.07) is 5.36. The Morgan fingerprint density at radius 1 is 1.53 bits per heavy atom. The Morgan fingerprint density at radius 2 is 2.37 bits per heavy atom. The molecule has 1 aliphatic heterocycles. The second-order valence-corrected chi connectivity index (χ2v) is 5.74. The zero-order valence-electron chi connectivity index (χ0n) is 10.6. The van der Waals surface area contributed by atoms with Crippen molar-refractivity contribution in [2.24, 2.45) is 0 Å². The molecule has 1 aromatic carbocycles. The summed E-state index contributed by atoms with van der Waals surface area (Å²) < 4.78 is 0. The maximum absolute atomic E-state index is 11.0. The summed E-state index contributed by atoms with van der Waals surface area (Å²) >= 11 is 1.66. The molecule has 0 spiro atoms. The third kappa shape index (κ3) is 2.33. The van der Waals surface area contributed by atoms with Crippen molar-refractivity contribution in [3.63, 3.8) is 0 Å². The first-order valence-corrected chi connectivity index (χ1v) is 7.03. The minimum Gasteiger partial charge on any atom is -0.478 e. The number of hydrogen-bond donors (Lipinski definition) is 1. The molecule has 3 rings (SSSR count). The molecule has 0 saturated carbocycles. The number of carboxylic acid groups (broad SMARTS) is 1. The van der Waals surface area contributed by atoms with Gasteiger partial charge in [-0.1, -0.05) is 0 Å². The first-order valence-electron chi connectivity index (χ1n) is 6.15. The van der Waals surface area contributed by atoms with Crippen molar-refractivity contribution in [3.05, 3.63) is 45.4 Å². The lowest BCUT2D eigenvalue weighted by molar-refractivity contribution is 0.0697. The quantitative estimate of drug-likeness (QED) is 0.935. The van der Waals surface area contributed by atoms with Gasteiger partial charge in [-0.05, 0) is 37.1 Å². The molecule has 1 aromatic heterocycles. The van der Waals surface area contributed by atoms with Crippen LogP contribution in [0.3, 0.4) is 0 Å². The molecule has 2 aromatic rings. The highest BCUT2D eigenvalue weighted by molar-refractivity contribution is 7.09. The Labute approximate surface area is 115 Å². The topological polar surface area (TPSA) is 53.4 Å². The lowest BCUT2D eigenvalue weighted by Crippen LogP contribution is -2.19. The molecule has 1 N–H and O–H groups in total. The smallest absolute Gasteiger partial charge is 0.335 e. The van der Waals surface area contributed by atoms with Crippen molar-refractivity contribution in [2.45, 2.75) is 19.9 Å². The molecule has 0 amide bonds. The molecule has 5 heteroatoms. The van der Waals surface area contributed by atoms with Crippen LogP contribution in [-0.2, 0) is 13.0 Å². The van der Waals surface area contributed by atoms with E-state index in [1.807, 2.05) is 13.0 Å². The SMILES string of the molecule is Cc1nc(CN2CCc3cc(C(=O)O)ccc32)cs1. The monoisotopic (exact) mass is 274 g/mol. The summed E-state index contributed by atoms with van der Waals surface area (Å²) in [4.78, 5) is 17.7. The van der Waals surface area contributed by atoms with Gasteiger partial charge in [0.15, 0.2) is 0 Å². The average molecular weight is 274 g/mol. The van der Waals surface area contributed by atoms with E-state index in [-0.39, 0.29) is 0 Å². The number of carboxylic acids is 1. The van der Waals surface area contributed by atoms with E-state index < -0.39 is 5.97 Å². The number of aromatic carboxylic acids is 1. The largest absolute Gasteiger partial charge is 0.478 e. The number of aromatic nitrogens is 1. The number of fused-ring (bicyclic) bond motifs is 1. The van der Waals surface area contributed by atoms with E-state index in [2.05, 4.69) is 15.3 Å². The molecule has 2 heterocycles. The summed E-state index contributed by atoms with van der Waals surface area (Å²) in [6.07, 6.45) is 0.902. The van der Waals surface area contributed by atoms with Crippen LogP contribution in [0.4, 0.5) is 5.69 Å². The normalized spacial score (nSPS) is 13.6. The van der Waals surface area contributed by atoms with Crippen molar-refractivity contribution in [1.29, 1.82) is 0 Å². The predicted octanol–water partition coefficient (Wildman–Crippen LogP) is 2.71. The fourth-order valence-electron chi connectivity index (χ4n) is 2.44. The zero-order valence-corrected chi connectivity index (χ0v) is 11.4. The maximum atomic E-state index is 11.0. The lowest BCUT2D eigenvalue weighted by atomic mass is 10.1. The molecular weight excluding hydrogens is 260 g/mol. The number of hydrogen-bond acceptors (Lipinski definition) is 4. The number of anilines is 1. The Balaban J connectivity index is 1.84. The molecule has 1 aliphatic rings. The number of thiazole rings is 1. The van der Waals surface area contributed by atoms with Gasteiger partial charge in [-0.3, -0.25) is 0 Å². The summed E-state index contributed by atoms with van der Waals surface area (Å²) in [6.45, 7) is 3.73. The number of rotatable bonds is 3. The molecular formula is C14H14N2O2S. The van der Waals surface area contributed by atoms with Gasteiger partial charge in [0.1, 0.15) is 0 Å². The summed E-state index contributed by atoms with van der Waals surface area (Å²) in [5, 5.41) is 12.2. The van der Waals surface area contributed by atoms with Gasteiger partial charge in [-0.25, -0.2) is 9.78 Å². The molecule has 0 fully saturated rings. The number of benzene rings is 1. The van der Waals surface area contributed by atoms with Crippen LogP contribution < -0.4 is 4.90 Å². The second kappa shape index (κ2) is 4.66. The van der Waals surface area contributed by atoms with Gasteiger partial charge in [0.2, 0.25) is 0 Å². The van der Waals surface area contributed by atoms with Crippen molar-refractivity contribution in [1.82, 2.24) is 4.98 Å². The Morgan fingerprint density at radius 3 is 3.05 bits per heavy atom. The van der Waals surface area contributed by atoms with Gasteiger partial charge < -0.3 is 10.0 Å². The van der Waals surface area contributed by atoms with Crippen molar-refractivity contribution in [2.75, 3.05) is 11.4 Å². The highest BCUT2D eigenvalue weighted by Crippen LogP contribution is 2.30. The molecule has 0 atom stereocenters. The van der Waals surface area contributed by atoms with Crippen LogP contribution >= 0.6 is 11.3 Å². The Bertz CT molecular complexity index is 636. The Kier molecular flexibility index (Phi) is 2.98. The first kappa shape index (κ1) is 12.2. The van der Waals surface area contributed by atoms with Gasteiger partial charge >= 0.3 is 5.97 Å². The van der Waals surface area contributed by atoms with Crippen LogP contribution in [0.1, 0.15) is 26.6 Å². The van der Waals surface area contributed by atoms with E-state index in [0.29, 0.717) is 5.56 Å². The van der Waals surface area contributed by atoms with Gasteiger partial charge in [0, 0.05) is 17.6 Å². The van der Waals surface area contributed by atoms with Crippen LogP contribution in [0.25, 0.3) is 0 Å². The van der Waals surface area contributed by atoms with Crippen LogP contribution in [0.2, 0.25) is 0 Å². The maximum Gasteiger partial charge on any atom is 0.335 e. The summed E-state index contributed by atoms with van der Waals surface area (Å²) in [5.41, 5.74) is 3.70. The van der Waals surface area contributed by atoms with Gasteiger partial charge in [-0.2, -0.15) is 0 Å². The third-order valence-electron chi connectivity index (χ3n) is 3.34. The van der Waals surface area contributed by atoms with Crippen molar-refractivity contribution < 1.29 is 9.90 Å². The molecule has 19 heavy (non-hydrogen) atoms. The Hall–Kier alpha value is -1.88. The molecule has 0 unspecified atom stereocenters. The van der Waals surface area contributed by atoms with Gasteiger partial charge in [0.25, 0.3) is 0 Å². The molecule has 4 nitrogen and oxygen atoms in total. The standard InChI is InChI=1S/C14H14N2O2S/c1-9-15-12(8-19-9)7-16-5-4-10-6-11(14(17)18)2-3-13(10)16/h2-3,6,8H,4-5,7H2,1H3,(H,17,18). The van der Waals surface area contributed by atoms with Crippen LogP contribution in [0.15, 0.2) is 23.6 Å². The van der Waals surface area contributed by atoms with Crippen molar-refractivity contribution in [3.8, 4) is 0 Å². The predicted molar refractivity (Wildman–Crippen MR) is 75.0 cm³/mol. The third-order valence-corrected chi connectivity index (χ3v) is 4.16. The average Bonchev–Trinajstić information content (AvgIpc) is 2.96. The van der Waals surface area contributed by atoms with E-state index in [1.165, 1.54) is 0 Å². The van der Waals surface area contributed by atoms with Crippen LogP contribution in [-0.4, -0.2) is 22.6 Å². The fourth-order valence-corrected chi connectivity index (χ4v) is 3.05. The minimum absolute atomic E-state index is 0.366. The van der Waals surface area contributed by atoms with Crippen molar-refractivity contribution >= 4 is 23.0 Å². The summed E-state index contributed by atoms with van der Waals surface area (Å²) in [7, 11) is 0. The van der Waals surface area contributed by atoms with E-state index in [0.717, 1.165) is 41.5 Å². The zero-order chi connectivity index (χ0) is 13.4.